The van der Waals surface area contributed by atoms with Gasteiger partial charge < -0.3 is 10.8 Å². The molecule has 0 bridgehead atoms. The van der Waals surface area contributed by atoms with Gasteiger partial charge in [0.05, 0.1) is 5.57 Å². The topological polar surface area (TPSA) is 106 Å². The van der Waals surface area contributed by atoms with Gasteiger partial charge in [-0.15, -0.1) is 0 Å². The number of carboxylic acid groups (broad SMARTS) is 1. The van der Waals surface area contributed by atoms with Gasteiger partial charge in [0, 0.05) is 18.5 Å². The van der Waals surface area contributed by atoms with Crippen LogP contribution >= 0.6 is 0 Å². The lowest BCUT2D eigenvalue weighted by Gasteiger charge is -1.98. The van der Waals surface area contributed by atoms with Gasteiger partial charge in [0.1, 0.15) is 0 Å². The van der Waals surface area contributed by atoms with Crippen LogP contribution in [0.5, 0.6) is 0 Å². The van der Waals surface area contributed by atoms with E-state index in [1.807, 2.05) is 0 Å². The molecule has 0 saturated carbocycles. The predicted octanol–water partition coefficient (Wildman–Crippen LogP) is -0.570. The summed E-state index contributed by atoms with van der Waals surface area (Å²) in [5.74, 6) is -2.15. The van der Waals surface area contributed by atoms with Crippen molar-refractivity contribution >= 4 is 17.4 Å². The highest BCUT2D eigenvalue weighted by molar-refractivity contribution is 6.21. The van der Waals surface area contributed by atoms with E-state index in [9.17, 15) is 9.59 Å². The normalized spacial score (nSPS) is 11.0. The summed E-state index contributed by atoms with van der Waals surface area (Å²) >= 11 is 0. The van der Waals surface area contributed by atoms with Crippen molar-refractivity contribution in [2.45, 2.75) is 0 Å². The second-order valence-corrected chi connectivity index (χ2v) is 2.33. The highest BCUT2D eigenvalue weighted by Crippen LogP contribution is 2.06. The van der Waals surface area contributed by atoms with Crippen LogP contribution in [0.25, 0.3) is 5.57 Å². The number of hydrogen-bond donors (Lipinski definition) is 2. The molecule has 0 spiro atoms. The summed E-state index contributed by atoms with van der Waals surface area (Å²) in [5, 5.41) is 8.45. The summed E-state index contributed by atoms with van der Waals surface area (Å²) in [4.78, 5) is 28.6. The molecule has 0 unspecified atom stereocenters. The van der Waals surface area contributed by atoms with Crippen LogP contribution in [0, 0.1) is 0 Å². The number of nitrogens with two attached hydrogens (primary N) is 1. The van der Waals surface area contributed by atoms with E-state index in [4.69, 9.17) is 10.8 Å². The summed E-state index contributed by atoms with van der Waals surface area (Å²) in [7, 11) is 0. The SMILES string of the molecule is NC(=O)/C(=C\C(=O)O)c1ncccn1. The highest BCUT2D eigenvalue weighted by atomic mass is 16.4. The number of carboxylic acids is 1. The van der Waals surface area contributed by atoms with Gasteiger partial charge in [0.2, 0.25) is 0 Å². The van der Waals surface area contributed by atoms with Crippen LogP contribution in [0.1, 0.15) is 5.82 Å². The van der Waals surface area contributed by atoms with Crippen molar-refractivity contribution in [3.05, 3.63) is 30.4 Å². The van der Waals surface area contributed by atoms with E-state index in [1.165, 1.54) is 12.4 Å². The van der Waals surface area contributed by atoms with Crippen molar-refractivity contribution in [1.82, 2.24) is 9.97 Å². The first-order valence-electron chi connectivity index (χ1n) is 3.63. The molecule has 0 atom stereocenters. The average molecular weight is 193 g/mol. The molecule has 0 fully saturated rings. The molecule has 0 aromatic carbocycles. The summed E-state index contributed by atoms with van der Waals surface area (Å²) in [5.41, 5.74) is 4.74. The Labute approximate surface area is 79.1 Å². The smallest absolute Gasteiger partial charge is 0.329 e. The molecule has 1 rings (SSSR count). The number of primary amides is 1. The molecule has 1 heterocycles. The molecule has 72 valence electrons. The maximum absolute atomic E-state index is 10.8. The van der Waals surface area contributed by atoms with Gasteiger partial charge in [-0.3, -0.25) is 4.79 Å². The molecule has 0 aliphatic carbocycles. The van der Waals surface area contributed by atoms with Gasteiger partial charge in [0.15, 0.2) is 5.82 Å². The van der Waals surface area contributed by atoms with Crippen molar-refractivity contribution in [3.8, 4) is 0 Å². The van der Waals surface area contributed by atoms with Crippen LogP contribution < -0.4 is 5.73 Å². The third kappa shape index (κ3) is 2.37. The summed E-state index contributed by atoms with van der Waals surface area (Å²) in [6.45, 7) is 0. The van der Waals surface area contributed by atoms with E-state index in [0.717, 1.165) is 0 Å². The van der Waals surface area contributed by atoms with E-state index in [2.05, 4.69) is 9.97 Å². The largest absolute Gasteiger partial charge is 0.478 e. The maximum atomic E-state index is 10.8. The van der Waals surface area contributed by atoms with Crippen LogP contribution in [0.2, 0.25) is 0 Å². The standard InChI is InChI=1S/C8H7N3O3/c9-7(14)5(4-6(12)13)8-10-2-1-3-11-8/h1-4H,(H2,9,14)(H,12,13)/b5-4+. The zero-order valence-corrected chi connectivity index (χ0v) is 7.04. The van der Waals surface area contributed by atoms with Gasteiger partial charge >= 0.3 is 5.97 Å². The fraction of sp³-hybridized carbons (Fsp3) is 0. The lowest BCUT2D eigenvalue weighted by Crippen LogP contribution is -2.16. The second-order valence-electron chi connectivity index (χ2n) is 2.33. The first-order valence-corrected chi connectivity index (χ1v) is 3.63. The number of rotatable bonds is 3. The molecule has 1 aromatic rings. The van der Waals surface area contributed by atoms with E-state index in [-0.39, 0.29) is 11.4 Å². The molecule has 0 aliphatic heterocycles. The van der Waals surface area contributed by atoms with E-state index in [0.29, 0.717) is 6.08 Å². The number of carbonyl (C=O) groups excluding carboxylic acids is 1. The van der Waals surface area contributed by atoms with Crippen LogP contribution in [-0.2, 0) is 9.59 Å². The molecule has 6 heteroatoms. The van der Waals surface area contributed by atoms with Gasteiger partial charge in [-0.1, -0.05) is 0 Å². The number of aliphatic carboxylic acids is 1. The Hall–Kier alpha value is -2.24. The van der Waals surface area contributed by atoms with Crippen LogP contribution in [0.15, 0.2) is 24.5 Å². The minimum atomic E-state index is -1.27. The van der Waals surface area contributed by atoms with Crippen molar-refractivity contribution in [2.24, 2.45) is 5.73 Å². The lowest BCUT2D eigenvalue weighted by molar-refractivity contribution is -0.131. The molecule has 14 heavy (non-hydrogen) atoms. The number of nitrogens with zero attached hydrogens (tertiary/aromatic N) is 2. The van der Waals surface area contributed by atoms with Crippen molar-refractivity contribution < 1.29 is 14.7 Å². The van der Waals surface area contributed by atoms with Crippen LogP contribution in [0.3, 0.4) is 0 Å². The van der Waals surface area contributed by atoms with Gasteiger partial charge in [-0.25, -0.2) is 14.8 Å². The quantitative estimate of drug-likeness (QED) is 0.625. The third-order valence-electron chi connectivity index (χ3n) is 1.34. The molecule has 0 saturated heterocycles. The first kappa shape index (κ1) is 9.85. The van der Waals surface area contributed by atoms with Gasteiger partial charge in [0.25, 0.3) is 5.91 Å². The third-order valence-corrected chi connectivity index (χ3v) is 1.34. The maximum Gasteiger partial charge on any atom is 0.329 e. The molecule has 0 aliphatic rings. The zero-order valence-electron chi connectivity index (χ0n) is 7.04. The zero-order chi connectivity index (χ0) is 10.6. The Morgan fingerprint density at radius 1 is 1.36 bits per heavy atom. The van der Waals surface area contributed by atoms with Gasteiger partial charge in [-0.05, 0) is 6.07 Å². The Morgan fingerprint density at radius 3 is 2.36 bits per heavy atom. The second kappa shape index (κ2) is 4.13. The van der Waals surface area contributed by atoms with E-state index < -0.39 is 11.9 Å². The number of hydrogen-bond acceptors (Lipinski definition) is 4. The molecular formula is C8H7N3O3. The number of amides is 1. The monoisotopic (exact) mass is 193 g/mol. The molecule has 0 radical (unpaired) electrons. The summed E-state index contributed by atoms with van der Waals surface area (Å²) < 4.78 is 0. The summed E-state index contributed by atoms with van der Waals surface area (Å²) in [6, 6.07) is 1.54. The lowest BCUT2D eigenvalue weighted by atomic mass is 10.2. The van der Waals surface area contributed by atoms with E-state index in [1.54, 1.807) is 6.07 Å². The highest BCUT2D eigenvalue weighted by Gasteiger charge is 2.12. The minimum absolute atomic E-state index is 0.00222. The fourth-order valence-electron chi connectivity index (χ4n) is 0.808. The molecule has 3 N–H and O–H groups in total. The molecule has 1 amide bonds. The van der Waals surface area contributed by atoms with Crippen LogP contribution in [0.4, 0.5) is 0 Å². The van der Waals surface area contributed by atoms with Crippen molar-refractivity contribution in [1.29, 1.82) is 0 Å². The molecule has 1 aromatic heterocycles. The Morgan fingerprint density at radius 2 is 1.93 bits per heavy atom. The predicted molar refractivity (Wildman–Crippen MR) is 46.8 cm³/mol. The van der Waals surface area contributed by atoms with Crippen LogP contribution in [-0.4, -0.2) is 27.0 Å². The first-order chi connectivity index (χ1) is 6.61. The molecule has 6 nitrogen and oxygen atoms in total. The Kier molecular flexibility index (Phi) is 2.90. The van der Waals surface area contributed by atoms with Crippen molar-refractivity contribution in [2.75, 3.05) is 0 Å². The Balaban J connectivity index is 3.14. The average Bonchev–Trinajstić information content (AvgIpc) is 2.15. The van der Waals surface area contributed by atoms with E-state index >= 15 is 0 Å². The Bertz CT molecular complexity index is 386. The minimum Gasteiger partial charge on any atom is -0.478 e. The number of aromatic nitrogens is 2. The summed E-state index contributed by atoms with van der Waals surface area (Å²) in [6.07, 6.45) is 3.46. The van der Waals surface area contributed by atoms with Gasteiger partial charge in [-0.2, -0.15) is 0 Å². The number of carbonyl (C=O) groups is 2. The molecular weight excluding hydrogens is 186 g/mol. The fourth-order valence-corrected chi connectivity index (χ4v) is 0.808. The van der Waals surface area contributed by atoms with Crippen molar-refractivity contribution in [3.63, 3.8) is 0 Å².